The van der Waals surface area contributed by atoms with Crippen molar-refractivity contribution in [1.82, 2.24) is 50.2 Å². The van der Waals surface area contributed by atoms with Gasteiger partial charge in [-0.2, -0.15) is 4.98 Å². The predicted octanol–water partition coefficient (Wildman–Crippen LogP) is -2.74. The van der Waals surface area contributed by atoms with Crippen molar-refractivity contribution in [2.75, 3.05) is 153 Å². The van der Waals surface area contributed by atoms with E-state index in [1.165, 1.54) is 18.3 Å². The fraction of sp³-hybridized carbons (Fsp3) is 0.558. The van der Waals surface area contributed by atoms with Crippen LogP contribution in [0.25, 0.3) is 11.2 Å². The first-order valence-electron chi connectivity index (χ1n) is 27.3. The number of hydrogen-bond donors (Lipinski definition) is 12. The van der Waals surface area contributed by atoms with E-state index >= 15 is 0 Å². The summed E-state index contributed by atoms with van der Waals surface area (Å²) in [5, 5.41) is 62.6. The van der Waals surface area contributed by atoms with Crippen LogP contribution in [0.4, 0.5) is 23.0 Å². The van der Waals surface area contributed by atoms with Gasteiger partial charge in [0.2, 0.25) is 11.9 Å². The van der Waals surface area contributed by atoms with Crippen molar-refractivity contribution >= 4 is 95.6 Å². The number of anilines is 4. The minimum absolute atomic E-state index is 0. The third-order valence-corrected chi connectivity index (χ3v) is 13.2. The number of carbonyl (C=O) groups excluding carboxylic acids is 2. The summed E-state index contributed by atoms with van der Waals surface area (Å²) in [7, 11) is 0. The number of aliphatic carboxylic acids is 5. The number of nitrogens with two attached hydrogens (primary N) is 1. The zero-order valence-electron chi connectivity index (χ0n) is 47.0. The van der Waals surface area contributed by atoms with Crippen molar-refractivity contribution in [3.63, 3.8) is 0 Å². The van der Waals surface area contributed by atoms with Gasteiger partial charge in [-0.15, -0.1) is 0 Å². The number of rotatable bonds is 37. The summed E-state index contributed by atoms with van der Waals surface area (Å²) in [6.07, 6.45) is 2.49. The molecule has 0 aliphatic carbocycles. The Bertz CT molecular complexity index is 2930. The number of amides is 2. The van der Waals surface area contributed by atoms with E-state index in [4.69, 9.17) is 19.9 Å². The van der Waals surface area contributed by atoms with Crippen molar-refractivity contribution in [3.05, 3.63) is 72.5 Å². The van der Waals surface area contributed by atoms with Crippen molar-refractivity contribution in [2.45, 2.75) is 57.2 Å². The van der Waals surface area contributed by atoms with E-state index in [9.17, 15) is 73.5 Å². The minimum atomic E-state index is -1.32. The molecule has 33 heteroatoms. The monoisotopic (exact) mass is 1250 g/mol. The first kappa shape index (κ1) is 69.9. The van der Waals surface area contributed by atoms with Crippen LogP contribution < -0.4 is 48.7 Å². The van der Waals surface area contributed by atoms with Gasteiger partial charge in [0.25, 0.3) is 22.3 Å². The maximum absolute atomic E-state index is 12.9. The molecule has 460 valence electrons. The minimum Gasteiger partial charge on any atom is -0.480 e. The molecule has 1 fully saturated rings. The maximum Gasteiger partial charge on any atom is 3.00 e. The largest absolute Gasteiger partial charge is 3.00 e. The van der Waals surface area contributed by atoms with Crippen LogP contribution in [0.1, 0.15) is 54.6 Å². The number of H-pyrrole nitrogens is 1. The average molecular weight is 1250 g/mol. The van der Waals surface area contributed by atoms with Gasteiger partial charge in [0.1, 0.15) is 23.5 Å². The number of benzene rings is 1. The third kappa shape index (κ3) is 24.8. The van der Waals surface area contributed by atoms with Gasteiger partial charge < -0.3 is 72.1 Å². The molecule has 0 bridgehead atoms. The Hall–Kier alpha value is -7.63. The van der Waals surface area contributed by atoms with Crippen LogP contribution in [0, 0.1) is 0 Å². The Morgan fingerprint density at radius 2 is 1.13 bits per heavy atom. The molecule has 2 atom stereocenters. The van der Waals surface area contributed by atoms with E-state index < -0.39 is 70.2 Å². The number of aromatic amines is 1. The number of nitrogens with one attached hydrogen (secondary N) is 6. The molecule has 3 heterocycles. The molecule has 4 aromatic rings. The first-order valence-corrected chi connectivity index (χ1v) is 27.3. The van der Waals surface area contributed by atoms with Crippen LogP contribution in [0.2, 0.25) is 0 Å². The van der Waals surface area contributed by atoms with Crippen LogP contribution in [0.3, 0.4) is 0 Å². The number of carboxylic acids is 5. The van der Waals surface area contributed by atoms with Crippen LogP contribution in [0.15, 0.2) is 44.8 Å². The number of fused-ring (bicyclic) bond motifs is 1. The Labute approximate surface area is 499 Å². The molecule has 1 aliphatic heterocycles. The van der Waals surface area contributed by atoms with E-state index in [-0.39, 0.29) is 198 Å². The molecule has 0 saturated carbocycles. The van der Waals surface area contributed by atoms with Crippen LogP contribution in [-0.4, -0.2) is 270 Å². The Kier molecular flexibility index (Phi) is 30.4. The van der Waals surface area contributed by atoms with Crippen LogP contribution in [0.5, 0.6) is 0 Å². The molecule has 1 saturated heterocycles. The van der Waals surface area contributed by atoms with Gasteiger partial charge in [-0.1, -0.05) is 0 Å². The van der Waals surface area contributed by atoms with Crippen molar-refractivity contribution in [2.24, 2.45) is 0 Å². The second-order valence-electron chi connectivity index (χ2n) is 19.5. The van der Waals surface area contributed by atoms with Gasteiger partial charge >= 0.3 is 49.6 Å². The standard InChI is InChI=1S/C52H74N14O18.Ga/c53-52-61-47-44(49(77)62-52)59-35(29-58-47)28-57-34-7-5-33(6-8-34)48(76)60-36(50(78)79)9-10-38(67)54-12-2-22-82-24-26-84-27-25-83-23-3-13-56-43-42(45(74)46(43)75)55-11-1-4-37(51(80)81)66-20-18-64(31-40(70)71)16-14-63(30-39(68)69)15-17-65(19-21-66)32-41(72)73;/h5-8,29,36-37,55-57H,1-4,9-28,30-32H2,(H,54,67)(H,60,76)(H,68,69)(H,70,71)(H,72,73)(H,78,79)(H,80,81)(H3,53,58,61,62,77);/q;+3/t36-,37?;/m0./s1/i;1-2. The fourth-order valence-electron chi connectivity index (χ4n) is 8.80. The molecule has 0 spiro atoms. The zero-order valence-corrected chi connectivity index (χ0v) is 49.4. The summed E-state index contributed by atoms with van der Waals surface area (Å²) in [6.45, 7) is 2.97. The van der Waals surface area contributed by atoms with Crippen LogP contribution in [-0.2, 0) is 49.5 Å². The van der Waals surface area contributed by atoms with Gasteiger partial charge in [-0.25, -0.2) is 14.8 Å². The molecule has 2 aromatic carbocycles. The van der Waals surface area contributed by atoms with E-state index in [2.05, 4.69) is 46.5 Å². The summed E-state index contributed by atoms with van der Waals surface area (Å²) in [4.78, 5) is 143. The van der Waals surface area contributed by atoms with Crippen LogP contribution >= 0.6 is 0 Å². The average Bonchev–Trinajstić information content (AvgIpc) is 3.55. The summed E-state index contributed by atoms with van der Waals surface area (Å²) in [5.41, 5.74) is 5.22. The molecular weight excluding hydrogens is 1180 g/mol. The summed E-state index contributed by atoms with van der Waals surface area (Å²) >= 11 is 0. The quantitative estimate of drug-likeness (QED) is 0.0124. The zero-order chi connectivity index (χ0) is 61.0. The third-order valence-electron chi connectivity index (χ3n) is 13.2. The molecule has 5 rings (SSSR count). The second-order valence-corrected chi connectivity index (χ2v) is 19.5. The predicted molar refractivity (Wildman–Crippen MR) is 308 cm³/mol. The molecule has 32 nitrogen and oxygen atoms in total. The Morgan fingerprint density at radius 3 is 1.65 bits per heavy atom. The van der Waals surface area contributed by atoms with E-state index in [0.717, 1.165) is 0 Å². The van der Waals surface area contributed by atoms with E-state index in [1.54, 1.807) is 31.7 Å². The normalized spacial score (nSPS) is 14.7. The fourth-order valence-corrected chi connectivity index (χ4v) is 8.80. The SMILES string of the molecule is Nc1nc2ncc(CNc3ccc(C(=O)N[C@@H](CCC(=O)NCCCOCCOCCOCCCNc4c(NCCCC(C(=O)O)N5CCN(CC(=O)O)CCN(CC(=O)O)CCN(CC(=O)O)CC5)c(=O)c4=O)C(=O)O)cc3)nc2c(=O)[nH]1.[68Ga+3]. The number of carbonyl (C=O) groups is 7. The van der Waals surface area contributed by atoms with Gasteiger partial charge in [0.15, 0.2) is 11.2 Å². The molecule has 1 aliphatic rings. The van der Waals surface area contributed by atoms with Crippen molar-refractivity contribution < 1.29 is 73.3 Å². The molecular formula is C52H74GaN14O18+3. The Morgan fingerprint density at radius 1 is 0.624 bits per heavy atom. The van der Waals surface area contributed by atoms with Gasteiger partial charge in [-0.05, 0) is 56.4 Å². The molecule has 2 amide bonds. The second kappa shape index (κ2) is 36.9. The molecule has 0 radical (unpaired) electrons. The maximum atomic E-state index is 12.9. The number of ether oxygens (including phenoxy) is 3. The summed E-state index contributed by atoms with van der Waals surface area (Å²) in [6, 6.07) is 3.85. The summed E-state index contributed by atoms with van der Waals surface area (Å²) < 4.78 is 16.7. The summed E-state index contributed by atoms with van der Waals surface area (Å²) in [5.74, 6) is -6.85. The Balaban J connectivity index is 0.0000155. The van der Waals surface area contributed by atoms with Gasteiger partial charge in [-0.3, -0.25) is 67.7 Å². The molecule has 2 aromatic heterocycles. The number of hydrogen-bond acceptors (Lipinski definition) is 24. The number of aromatic nitrogens is 4. The van der Waals surface area contributed by atoms with Crippen molar-refractivity contribution in [3.8, 4) is 0 Å². The van der Waals surface area contributed by atoms with E-state index in [0.29, 0.717) is 44.0 Å². The van der Waals surface area contributed by atoms with Gasteiger partial charge in [0.05, 0.1) is 64.5 Å². The topological polar surface area (TPSA) is 453 Å². The number of nitrogen functional groups attached to an aromatic ring is 1. The number of carboxylic acid groups (broad SMARTS) is 5. The molecule has 85 heavy (non-hydrogen) atoms. The van der Waals surface area contributed by atoms with Crippen molar-refractivity contribution in [1.29, 1.82) is 0 Å². The van der Waals surface area contributed by atoms with E-state index in [1.807, 2.05) is 0 Å². The first-order chi connectivity index (χ1) is 40.3. The molecule has 1 unspecified atom stereocenters. The van der Waals surface area contributed by atoms with Gasteiger partial charge in [0, 0.05) is 103 Å². The number of nitrogens with zero attached hydrogens (tertiary/aromatic N) is 7. The molecule has 13 N–H and O–H groups in total. The smallest absolute Gasteiger partial charge is 0.480 e.